The number of hydrogen-bond donors (Lipinski definition) is 7. The van der Waals surface area contributed by atoms with Gasteiger partial charge in [-0.05, 0) is 67.5 Å². The van der Waals surface area contributed by atoms with Crippen LogP contribution in [-0.4, -0.2) is 125 Å². The monoisotopic (exact) mass is 1140 g/mol. The second kappa shape index (κ2) is 24.3. The maximum absolute atomic E-state index is 14.4. The fourth-order valence-electron chi connectivity index (χ4n) is 9.61. The molecule has 0 unspecified atom stereocenters. The number of sulfonamides is 1. The molecule has 6 amide bonds. The SMILES string of the molecule is CC[C@@]1(OC(=O)OCc2ccc(NC(=O)[C@H](CCC(=O)O)NC(=O)[C@H](C)NC(=O)[C@@H](CC(C)C)NC(=O)CCN3C(=O)C=CC3=O)cc2)C(=O)OCc2c1cc1n(c2=O)Cc2c-1nc1cc3c(cc1c2CNCCS(N)(=O)=O)OCO3. The van der Waals surface area contributed by atoms with Gasteiger partial charge in [-0.25, -0.2) is 28.1 Å². The van der Waals surface area contributed by atoms with Crippen LogP contribution >= 0.6 is 0 Å². The van der Waals surface area contributed by atoms with Crippen molar-refractivity contribution in [3.8, 4) is 22.9 Å². The molecular formula is C53H59N9O18S. The molecule has 0 spiro atoms. The lowest BCUT2D eigenvalue weighted by Crippen LogP contribution is -2.55. The summed E-state index contributed by atoms with van der Waals surface area (Å²) in [5.41, 5.74) is 0.511. The van der Waals surface area contributed by atoms with Crippen molar-refractivity contribution >= 4 is 80.2 Å². The van der Waals surface area contributed by atoms with E-state index in [2.05, 4.69) is 26.6 Å². The predicted octanol–water partition coefficient (Wildman–Crippen LogP) is 1.19. The molecule has 4 atom stereocenters. The molecule has 81 heavy (non-hydrogen) atoms. The molecule has 8 N–H and O–H groups in total. The minimum absolute atomic E-state index is 0.0103. The molecule has 0 saturated heterocycles. The number of cyclic esters (lactones) is 1. The summed E-state index contributed by atoms with van der Waals surface area (Å²) in [4.78, 5) is 136. The normalized spacial score (nSPS) is 16.9. The number of carbonyl (C=O) groups excluding carboxylic acids is 8. The number of nitrogens with two attached hydrogens (primary N) is 1. The smallest absolute Gasteiger partial charge is 0.481 e. The Morgan fingerprint density at radius 2 is 1.57 bits per heavy atom. The number of aliphatic carboxylic acids is 1. The number of carboxylic acid groups (broad SMARTS) is 1. The number of ether oxygens (including phenoxy) is 5. The highest BCUT2D eigenvalue weighted by molar-refractivity contribution is 7.89. The first kappa shape index (κ1) is 58.4. The number of nitrogens with zero attached hydrogens (tertiary/aromatic N) is 3. The molecule has 0 fully saturated rings. The van der Waals surface area contributed by atoms with Crippen molar-refractivity contribution in [1.82, 2.24) is 35.7 Å². The number of amides is 6. The summed E-state index contributed by atoms with van der Waals surface area (Å²) in [7, 11) is -3.77. The van der Waals surface area contributed by atoms with Gasteiger partial charge in [0, 0.05) is 72.9 Å². The standard InChI is InChI=1S/C53H59N9O18S/c1-5-53(35-20-39-46-33(23-62(39)50(71)34(35)25-76-51(53)72)32(22-55-15-17-81(54,74)75)31-19-40-41(79-26-78-40)21-37(31)59-46)80-52(73)77-24-29-6-8-30(9-7-29)57-48(69)36(10-13-45(66)67)60-47(68)28(4)56-49(70)38(18-27(2)3)58-42(63)14-16-61-43(64)11-12-44(61)65/h6-9,11-12,19-21,27-28,36,38,55H,5,10,13-18,22-26H2,1-4H3,(H,56,70)(H,57,69)(H,58,63)(H,60,68)(H,66,67)(H2,54,74,75)/t28-,36-,38+,53-/m0/s1. The third-order valence-corrected chi connectivity index (χ3v) is 14.6. The van der Waals surface area contributed by atoms with Gasteiger partial charge in [-0.15, -0.1) is 0 Å². The number of primary sulfonamides is 1. The molecular weight excluding hydrogens is 1080 g/mol. The zero-order chi connectivity index (χ0) is 58.5. The van der Waals surface area contributed by atoms with E-state index in [4.69, 9.17) is 33.8 Å². The van der Waals surface area contributed by atoms with Gasteiger partial charge in [0.2, 0.25) is 46.0 Å². The number of carboxylic acids is 1. The van der Waals surface area contributed by atoms with E-state index in [0.717, 1.165) is 17.1 Å². The van der Waals surface area contributed by atoms with Gasteiger partial charge in [-0.2, -0.15) is 0 Å². The first-order valence-corrected chi connectivity index (χ1v) is 27.5. The van der Waals surface area contributed by atoms with Gasteiger partial charge in [0.1, 0.15) is 31.3 Å². The topological polar surface area (TPSA) is 378 Å². The van der Waals surface area contributed by atoms with Crippen molar-refractivity contribution in [2.45, 2.75) is 110 Å². The summed E-state index contributed by atoms with van der Waals surface area (Å²) in [6.45, 7) is 5.66. The molecule has 27 nitrogen and oxygen atoms in total. The summed E-state index contributed by atoms with van der Waals surface area (Å²) in [5.74, 6) is -5.88. The maximum Gasteiger partial charge on any atom is 0.510 e. The average molecular weight is 1140 g/mol. The molecule has 0 saturated carbocycles. The molecule has 4 aromatic rings. The largest absolute Gasteiger partial charge is 0.510 e. The van der Waals surface area contributed by atoms with Crippen LogP contribution in [0.25, 0.3) is 22.3 Å². The van der Waals surface area contributed by atoms with Crippen LogP contribution in [0.15, 0.2) is 59.4 Å². The minimum atomic E-state index is -3.77. The number of aromatic nitrogens is 2. The summed E-state index contributed by atoms with van der Waals surface area (Å²) in [6.07, 6.45) is -0.304. The van der Waals surface area contributed by atoms with E-state index in [1.165, 1.54) is 35.8 Å². The molecule has 0 aliphatic carbocycles. The molecule has 0 bridgehead atoms. The van der Waals surface area contributed by atoms with Gasteiger partial charge < -0.3 is 59.9 Å². The summed E-state index contributed by atoms with van der Waals surface area (Å²) in [5, 5.41) is 28.6. The van der Waals surface area contributed by atoms with E-state index in [9.17, 15) is 61.5 Å². The van der Waals surface area contributed by atoms with Crippen LogP contribution in [0, 0.1) is 5.92 Å². The molecule has 4 aliphatic rings. The predicted molar refractivity (Wildman–Crippen MR) is 283 cm³/mol. The highest BCUT2D eigenvalue weighted by Gasteiger charge is 2.51. The first-order valence-electron chi connectivity index (χ1n) is 25.8. The molecule has 0 radical (unpaired) electrons. The van der Waals surface area contributed by atoms with Gasteiger partial charge in [0.25, 0.3) is 17.4 Å². The number of pyridine rings is 2. The quantitative estimate of drug-likeness (QED) is 0.0259. The third kappa shape index (κ3) is 13.3. The number of fused-ring (bicyclic) bond motifs is 6. The fraction of sp³-hybridized carbons (Fsp3) is 0.415. The minimum Gasteiger partial charge on any atom is -0.481 e. The lowest BCUT2D eigenvalue weighted by molar-refractivity contribution is -0.175. The van der Waals surface area contributed by atoms with E-state index in [1.54, 1.807) is 39.0 Å². The molecule has 4 aliphatic heterocycles. The third-order valence-electron chi connectivity index (χ3n) is 13.8. The van der Waals surface area contributed by atoms with Crippen molar-refractivity contribution < 1.29 is 80.4 Å². The fourth-order valence-corrected chi connectivity index (χ4v) is 10.0. The van der Waals surface area contributed by atoms with Gasteiger partial charge >= 0.3 is 18.1 Å². The van der Waals surface area contributed by atoms with Gasteiger partial charge in [-0.1, -0.05) is 32.9 Å². The lowest BCUT2D eigenvalue weighted by atomic mass is 9.85. The Balaban J connectivity index is 0.908. The second-order valence-corrected chi connectivity index (χ2v) is 21.7. The van der Waals surface area contributed by atoms with E-state index < -0.39 is 112 Å². The Hall–Kier alpha value is -8.76. The van der Waals surface area contributed by atoms with Crippen LogP contribution in [0.4, 0.5) is 10.5 Å². The zero-order valence-corrected chi connectivity index (χ0v) is 45.2. The Morgan fingerprint density at radius 1 is 0.864 bits per heavy atom. The molecule has 2 aromatic carbocycles. The number of nitrogens with one attached hydrogen (secondary N) is 5. The zero-order valence-electron chi connectivity index (χ0n) is 44.4. The number of rotatable bonds is 24. The Labute approximate surface area is 462 Å². The number of anilines is 1. The highest BCUT2D eigenvalue weighted by atomic mass is 32.2. The summed E-state index contributed by atoms with van der Waals surface area (Å²) in [6, 6.07) is 7.05. The first-order chi connectivity index (χ1) is 38.4. The highest BCUT2D eigenvalue weighted by Crippen LogP contribution is 2.44. The van der Waals surface area contributed by atoms with Crippen LogP contribution < -0.4 is 46.8 Å². The summed E-state index contributed by atoms with van der Waals surface area (Å²) >= 11 is 0. The number of benzene rings is 2. The van der Waals surface area contributed by atoms with Gasteiger partial charge in [0.05, 0.1) is 34.8 Å². The maximum atomic E-state index is 14.4. The van der Waals surface area contributed by atoms with E-state index >= 15 is 0 Å². The Kier molecular flexibility index (Phi) is 17.5. The van der Waals surface area contributed by atoms with Crippen molar-refractivity contribution in [1.29, 1.82) is 0 Å². The van der Waals surface area contributed by atoms with E-state index in [-0.39, 0.29) is 87.1 Å². The second-order valence-electron chi connectivity index (χ2n) is 20.0. The molecule has 6 heterocycles. The lowest BCUT2D eigenvalue weighted by Gasteiger charge is -2.35. The molecule has 2 aromatic heterocycles. The van der Waals surface area contributed by atoms with E-state index in [0.29, 0.717) is 50.5 Å². The van der Waals surface area contributed by atoms with Crippen LogP contribution in [0.1, 0.15) is 87.6 Å². The molecule has 430 valence electrons. The van der Waals surface area contributed by atoms with Gasteiger partial charge in [0.15, 0.2) is 11.5 Å². The van der Waals surface area contributed by atoms with Crippen molar-refractivity contribution in [2.24, 2.45) is 11.1 Å². The van der Waals surface area contributed by atoms with Crippen LogP contribution in [0.3, 0.4) is 0 Å². The average Bonchev–Trinajstić information content (AvgIpc) is 4.31. The number of carbonyl (C=O) groups is 9. The molecule has 28 heteroatoms. The number of imide groups is 1. The van der Waals surface area contributed by atoms with Crippen molar-refractivity contribution in [3.05, 3.63) is 92.8 Å². The van der Waals surface area contributed by atoms with Crippen LogP contribution in [0.2, 0.25) is 0 Å². The number of esters is 1. The van der Waals surface area contributed by atoms with Crippen LogP contribution in [0.5, 0.6) is 11.5 Å². The van der Waals surface area contributed by atoms with Crippen molar-refractivity contribution in [3.63, 3.8) is 0 Å². The summed E-state index contributed by atoms with van der Waals surface area (Å²) < 4.78 is 52.9. The van der Waals surface area contributed by atoms with Crippen LogP contribution in [-0.2, 0) is 94.5 Å². The number of hydrogen-bond acceptors (Lipinski definition) is 19. The van der Waals surface area contributed by atoms with Gasteiger partial charge in [-0.3, -0.25) is 43.3 Å². The Bertz CT molecular complexity index is 3440. The van der Waals surface area contributed by atoms with Crippen molar-refractivity contribution in [2.75, 3.05) is 31.0 Å². The van der Waals surface area contributed by atoms with E-state index in [1.807, 2.05) is 0 Å². The molecule has 8 rings (SSSR count). The Morgan fingerprint density at radius 3 is 2.23 bits per heavy atom.